The molecular formula is C15H17N3O2. The maximum absolute atomic E-state index is 12.7. The molecule has 1 aliphatic heterocycles. The van der Waals surface area contributed by atoms with Crippen LogP contribution in [0, 0.1) is 0 Å². The Kier molecular flexibility index (Phi) is 3.62. The van der Waals surface area contributed by atoms with E-state index in [1.807, 2.05) is 29.2 Å². The molecule has 3 rings (SSSR count). The average Bonchev–Trinajstić information content (AvgIpc) is 2.53. The first-order valence-corrected chi connectivity index (χ1v) is 6.74. The van der Waals surface area contributed by atoms with Gasteiger partial charge in [0, 0.05) is 31.2 Å². The van der Waals surface area contributed by atoms with Crippen molar-refractivity contribution in [3.8, 4) is 0 Å². The Morgan fingerprint density at radius 3 is 3.10 bits per heavy atom. The van der Waals surface area contributed by atoms with Crippen LogP contribution >= 0.6 is 0 Å². The van der Waals surface area contributed by atoms with Gasteiger partial charge in [0.15, 0.2) is 0 Å². The second-order valence-corrected chi connectivity index (χ2v) is 4.86. The van der Waals surface area contributed by atoms with Crippen molar-refractivity contribution in [1.82, 2.24) is 9.88 Å². The molecule has 2 heterocycles. The van der Waals surface area contributed by atoms with Crippen molar-refractivity contribution in [1.29, 1.82) is 0 Å². The van der Waals surface area contributed by atoms with Crippen molar-refractivity contribution in [3.05, 3.63) is 42.1 Å². The van der Waals surface area contributed by atoms with Crippen LogP contribution in [0.3, 0.4) is 0 Å². The third-order valence-electron chi connectivity index (χ3n) is 3.57. The van der Waals surface area contributed by atoms with Crippen molar-refractivity contribution in [3.63, 3.8) is 0 Å². The third kappa shape index (κ3) is 2.37. The molecule has 2 aromatic rings. The van der Waals surface area contributed by atoms with E-state index in [0.29, 0.717) is 31.8 Å². The number of amides is 1. The number of fused-ring (bicyclic) bond motifs is 1. The first-order valence-electron chi connectivity index (χ1n) is 6.74. The topological polar surface area (TPSA) is 68.5 Å². The molecule has 0 saturated carbocycles. The van der Waals surface area contributed by atoms with Crippen molar-refractivity contribution in [2.45, 2.75) is 6.10 Å². The maximum atomic E-state index is 12.7. The van der Waals surface area contributed by atoms with E-state index < -0.39 is 0 Å². The number of nitrogens with zero attached hydrogens (tertiary/aromatic N) is 2. The fraction of sp³-hybridized carbons (Fsp3) is 0.333. The highest BCUT2D eigenvalue weighted by atomic mass is 16.5. The van der Waals surface area contributed by atoms with Gasteiger partial charge in [-0.25, -0.2) is 0 Å². The normalized spacial score (nSPS) is 19.2. The van der Waals surface area contributed by atoms with Gasteiger partial charge in [-0.15, -0.1) is 0 Å². The summed E-state index contributed by atoms with van der Waals surface area (Å²) in [7, 11) is 0. The molecule has 1 amide bonds. The van der Waals surface area contributed by atoms with E-state index in [0.717, 1.165) is 10.9 Å². The van der Waals surface area contributed by atoms with Crippen LogP contribution in [0.15, 0.2) is 36.5 Å². The minimum absolute atomic E-state index is 0.0188. The molecular weight excluding hydrogens is 254 g/mol. The first-order chi connectivity index (χ1) is 9.79. The molecule has 104 valence electrons. The van der Waals surface area contributed by atoms with Gasteiger partial charge in [-0.2, -0.15) is 0 Å². The van der Waals surface area contributed by atoms with Crippen molar-refractivity contribution >= 4 is 16.8 Å². The van der Waals surface area contributed by atoms with Crippen LogP contribution in [0.1, 0.15) is 10.4 Å². The summed E-state index contributed by atoms with van der Waals surface area (Å²) in [6.07, 6.45) is 1.61. The number of para-hydroxylation sites is 1. The lowest BCUT2D eigenvalue weighted by atomic mass is 10.1. The molecule has 1 aromatic heterocycles. The number of carbonyl (C=O) groups is 1. The van der Waals surface area contributed by atoms with Crippen LogP contribution in [-0.4, -0.2) is 48.1 Å². The number of morpholine rings is 1. The van der Waals surface area contributed by atoms with Gasteiger partial charge in [0.1, 0.15) is 0 Å². The van der Waals surface area contributed by atoms with Crippen LogP contribution in [0.4, 0.5) is 0 Å². The third-order valence-corrected chi connectivity index (χ3v) is 3.57. The summed E-state index contributed by atoms with van der Waals surface area (Å²) >= 11 is 0. The quantitative estimate of drug-likeness (QED) is 0.886. The molecule has 1 atom stereocenters. The Labute approximate surface area is 117 Å². The van der Waals surface area contributed by atoms with Gasteiger partial charge >= 0.3 is 0 Å². The highest BCUT2D eigenvalue weighted by Gasteiger charge is 2.25. The standard InChI is InChI=1S/C15H17N3O2/c16-9-11-10-18(7-8-20-11)15(19)13-5-6-17-14-4-2-1-3-12(13)14/h1-6,11H,7-10,16H2. The molecule has 0 radical (unpaired) electrons. The lowest BCUT2D eigenvalue weighted by molar-refractivity contribution is -0.0166. The molecule has 5 nitrogen and oxygen atoms in total. The lowest BCUT2D eigenvalue weighted by Gasteiger charge is -2.32. The Balaban J connectivity index is 1.92. The summed E-state index contributed by atoms with van der Waals surface area (Å²) in [5, 5.41) is 0.885. The Bertz CT molecular complexity index is 624. The Morgan fingerprint density at radius 2 is 2.25 bits per heavy atom. The number of pyridine rings is 1. The molecule has 0 bridgehead atoms. The smallest absolute Gasteiger partial charge is 0.254 e. The molecule has 0 aliphatic carbocycles. The highest BCUT2D eigenvalue weighted by Crippen LogP contribution is 2.19. The molecule has 1 fully saturated rings. The monoisotopic (exact) mass is 271 g/mol. The molecule has 1 unspecified atom stereocenters. The van der Waals surface area contributed by atoms with Gasteiger partial charge in [-0.3, -0.25) is 9.78 Å². The van der Waals surface area contributed by atoms with Crippen LogP contribution in [-0.2, 0) is 4.74 Å². The van der Waals surface area contributed by atoms with Crippen molar-refractivity contribution in [2.24, 2.45) is 5.73 Å². The number of hydrogen-bond donors (Lipinski definition) is 1. The van der Waals surface area contributed by atoms with E-state index in [1.165, 1.54) is 0 Å². The number of aromatic nitrogens is 1. The zero-order chi connectivity index (χ0) is 13.9. The number of nitrogens with two attached hydrogens (primary N) is 1. The summed E-state index contributed by atoms with van der Waals surface area (Å²) in [6.45, 7) is 2.12. The minimum atomic E-state index is -0.0687. The van der Waals surface area contributed by atoms with Crippen molar-refractivity contribution in [2.75, 3.05) is 26.2 Å². The van der Waals surface area contributed by atoms with Gasteiger partial charge in [-0.1, -0.05) is 18.2 Å². The summed E-state index contributed by atoms with van der Waals surface area (Å²) in [6, 6.07) is 9.45. The van der Waals surface area contributed by atoms with Gasteiger partial charge in [0.2, 0.25) is 0 Å². The number of hydrogen-bond acceptors (Lipinski definition) is 4. The zero-order valence-electron chi connectivity index (χ0n) is 11.2. The van der Waals surface area contributed by atoms with E-state index >= 15 is 0 Å². The second kappa shape index (κ2) is 5.56. The maximum Gasteiger partial charge on any atom is 0.254 e. The zero-order valence-corrected chi connectivity index (χ0v) is 11.2. The molecule has 5 heteroatoms. The number of benzene rings is 1. The van der Waals surface area contributed by atoms with Crippen LogP contribution in [0.5, 0.6) is 0 Å². The largest absolute Gasteiger partial charge is 0.373 e. The van der Waals surface area contributed by atoms with Gasteiger partial charge in [0.25, 0.3) is 5.91 Å². The van der Waals surface area contributed by atoms with E-state index in [4.69, 9.17) is 10.5 Å². The number of rotatable bonds is 2. The molecule has 2 N–H and O–H groups in total. The first kappa shape index (κ1) is 13.0. The summed E-state index contributed by atoms with van der Waals surface area (Å²) < 4.78 is 5.50. The Hall–Kier alpha value is -1.98. The predicted molar refractivity (Wildman–Crippen MR) is 76.4 cm³/mol. The molecule has 1 aliphatic rings. The predicted octanol–water partition coefficient (Wildman–Crippen LogP) is 1.03. The van der Waals surface area contributed by atoms with Crippen LogP contribution < -0.4 is 5.73 Å². The van der Waals surface area contributed by atoms with E-state index in [9.17, 15) is 4.79 Å². The van der Waals surface area contributed by atoms with Gasteiger partial charge in [-0.05, 0) is 12.1 Å². The number of carbonyl (C=O) groups excluding carboxylic acids is 1. The summed E-state index contributed by atoms with van der Waals surface area (Å²) in [5.41, 5.74) is 7.15. The SMILES string of the molecule is NCC1CN(C(=O)c2ccnc3ccccc23)CCO1. The lowest BCUT2D eigenvalue weighted by Crippen LogP contribution is -2.48. The number of ether oxygens (including phenoxy) is 1. The van der Waals surface area contributed by atoms with Gasteiger partial charge in [0.05, 0.1) is 23.8 Å². The summed E-state index contributed by atoms with van der Waals surface area (Å²) in [5.74, 6) is 0.0188. The fourth-order valence-electron chi connectivity index (χ4n) is 2.50. The molecule has 1 aromatic carbocycles. The molecule has 0 spiro atoms. The van der Waals surface area contributed by atoms with E-state index in [2.05, 4.69) is 4.98 Å². The van der Waals surface area contributed by atoms with E-state index in [-0.39, 0.29) is 12.0 Å². The average molecular weight is 271 g/mol. The minimum Gasteiger partial charge on any atom is -0.373 e. The fourth-order valence-corrected chi connectivity index (χ4v) is 2.50. The summed E-state index contributed by atoms with van der Waals surface area (Å²) in [4.78, 5) is 18.8. The Morgan fingerprint density at radius 1 is 1.40 bits per heavy atom. The van der Waals surface area contributed by atoms with Crippen LogP contribution in [0.25, 0.3) is 10.9 Å². The second-order valence-electron chi connectivity index (χ2n) is 4.86. The molecule has 1 saturated heterocycles. The van der Waals surface area contributed by atoms with E-state index in [1.54, 1.807) is 12.3 Å². The van der Waals surface area contributed by atoms with Crippen molar-refractivity contribution < 1.29 is 9.53 Å². The van der Waals surface area contributed by atoms with Crippen LogP contribution in [0.2, 0.25) is 0 Å². The van der Waals surface area contributed by atoms with Gasteiger partial charge < -0.3 is 15.4 Å². The highest BCUT2D eigenvalue weighted by molar-refractivity contribution is 6.06. The molecule has 20 heavy (non-hydrogen) atoms.